The van der Waals surface area contributed by atoms with Crippen LogP contribution in [0.25, 0.3) is 0 Å². The van der Waals surface area contributed by atoms with Crippen molar-refractivity contribution in [3.63, 3.8) is 0 Å². The van der Waals surface area contributed by atoms with Gasteiger partial charge in [0.1, 0.15) is 6.04 Å². The lowest BCUT2D eigenvalue weighted by Crippen LogP contribution is -2.57. The molecule has 1 saturated heterocycles. The van der Waals surface area contributed by atoms with Crippen LogP contribution in [0.5, 0.6) is 0 Å². The zero-order chi connectivity index (χ0) is 16.2. The Labute approximate surface area is 138 Å². The molecule has 23 heavy (non-hydrogen) atoms. The van der Waals surface area contributed by atoms with Crippen molar-refractivity contribution in [2.24, 2.45) is 23.2 Å². The highest BCUT2D eigenvalue weighted by Crippen LogP contribution is 2.60. The van der Waals surface area contributed by atoms with Gasteiger partial charge in [0.2, 0.25) is 5.91 Å². The van der Waals surface area contributed by atoms with E-state index in [1.54, 1.807) is 7.05 Å². The van der Waals surface area contributed by atoms with Crippen LogP contribution in [0.4, 0.5) is 0 Å². The van der Waals surface area contributed by atoms with Crippen molar-refractivity contribution in [2.45, 2.75) is 57.4 Å². The van der Waals surface area contributed by atoms with Gasteiger partial charge in [0.15, 0.2) is 0 Å². The average molecular weight is 320 g/mol. The molecule has 5 aliphatic rings. The molecule has 0 aromatic carbocycles. The number of rotatable bonds is 3. The second-order valence-corrected chi connectivity index (χ2v) is 8.37. The number of carbonyl (C=O) groups is 2. The maximum Gasteiger partial charge on any atom is 0.268 e. The topological polar surface area (TPSA) is 49.9 Å². The molecule has 5 fully saturated rings. The summed E-state index contributed by atoms with van der Waals surface area (Å²) in [6.45, 7) is 0.731. The molecule has 1 aliphatic heterocycles. The Hall–Kier alpha value is -1.10. The summed E-state index contributed by atoms with van der Waals surface area (Å²) >= 11 is 0. The lowest BCUT2D eigenvalue weighted by Gasteiger charge is -2.56. The number of nitrogens with zero attached hydrogens (tertiary/aromatic N) is 2. The van der Waals surface area contributed by atoms with Gasteiger partial charge in [-0.1, -0.05) is 0 Å². The van der Waals surface area contributed by atoms with Gasteiger partial charge in [0, 0.05) is 13.6 Å². The molecule has 128 valence electrons. The van der Waals surface area contributed by atoms with Crippen molar-refractivity contribution in [3.05, 3.63) is 0 Å². The summed E-state index contributed by atoms with van der Waals surface area (Å²) in [6.07, 6.45) is 8.89. The van der Waals surface area contributed by atoms with Crippen LogP contribution in [0.15, 0.2) is 0 Å². The molecule has 0 aromatic heterocycles. The van der Waals surface area contributed by atoms with Gasteiger partial charge in [-0.15, -0.1) is 0 Å². The lowest BCUT2D eigenvalue weighted by atomic mass is 9.49. The van der Waals surface area contributed by atoms with E-state index in [0.717, 1.165) is 56.4 Å². The van der Waals surface area contributed by atoms with Gasteiger partial charge in [0.25, 0.3) is 5.91 Å². The first-order chi connectivity index (χ1) is 11.0. The molecule has 4 bridgehead atoms. The highest BCUT2D eigenvalue weighted by atomic mass is 16.7. The first-order valence-corrected chi connectivity index (χ1v) is 9.15. The van der Waals surface area contributed by atoms with Crippen molar-refractivity contribution in [1.29, 1.82) is 0 Å². The van der Waals surface area contributed by atoms with Crippen LogP contribution in [0.1, 0.15) is 51.4 Å². The van der Waals surface area contributed by atoms with Crippen LogP contribution in [-0.4, -0.2) is 48.5 Å². The first kappa shape index (κ1) is 15.4. The number of likely N-dealkylation sites (N-methyl/N-ethyl adjacent to an activating group) is 1. The van der Waals surface area contributed by atoms with E-state index in [0.29, 0.717) is 0 Å². The molecular weight excluding hydrogens is 292 g/mol. The van der Waals surface area contributed by atoms with Crippen LogP contribution < -0.4 is 0 Å². The lowest BCUT2D eigenvalue weighted by molar-refractivity contribution is -0.178. The first-order valence-electron chi connectivity index (χ1n) is 9.15. The Bertz CT molecular complexity index is 483. The quantitative estimate of drug-likeness (QED) is 0.749. The van der Waals surface area contributed by atoms with Gasteiger partial charge < -0.3 is 4.90 Å². The fourth-order valence-corrected chi connectivity index (χ4v) is 6.24. The number of amides is 2. The normalized spacial score (nSPS) is 41.4. The molecule has 0 radical (unpaired) electrons. The third-order valence-electron chi connectivity index (χ3n) is 6.87. The van der Waals surface area contributed by atoms with E-state index >= 15 is 0 Å². The zero-order valence-electron chi connectivity index (χ0n) is 14.3. The van der Waals surface area contributed by atoms with Gasteiger partial charge in [-0.2, -0.15) is 0 Å². The van der Waals surface area contributed by atoms with E-state index in [1.807, 2.05) is 4.90 Å². The van der Waals surface area contributed by atoms with Gasteiger partial charge in [-0.3, -0.25) is 14.4 Å². The SMILES string of the molecule is CON(C)C(=O)[C@@H]1CCCN1C(=O)C12CC3CC(CC(C3)C1)C2. The standard InChI is InChI=1S/C18H28N2O3/c1-19(23-2)16(21)15-4-3-5-20(15)17(22)18-9-12-6-13(10-18)8-14(7-12)11-18/h12-15H,3-11H2,1-2H3/t12?,13?,14?,15-,18?/m0/s1. The molecule has 4 saturated carbocycles. The highest BCUT2D eigenvalue weighted by molar-refractivity contribution is 5.90. The molecular formula is C18H28N2O3. The molecule has 1 heterocycles. The monoisotopic (exact) mass is 320 g/mol. The van der Waals surface area contributed by atoms with Gasteiger partial charge in [-0.05, 0) is 69.1 Å². The van der Waals surface area contributed by atoms with E-state index in [-0.39, 0.29) is 23.3 Å². The molecule has 5 nitrogen and oxygen atoms in total. The van der Waals surface area contributed by atoms with E-state index in [9.17, 15) is 9.59 Å². The largest absolute Gasteiger partial charge is 0.330 e. The number of likely N-dealkylation sites (tertiary alicyclic amines) is 1. The Morgan fingerprint density at radius 1 is 1.09 bits per heavy atom. The van der Waals surface area contributed by atoms with Crippen molar-refractivity contribution in [1.82, 2.24) is 9.96 Å². The summed E-state index contributed by atoms with van der Waals surface area (Å²) < 4.78 is 0. The summed E-state index contributed by atoms with van der Waals surface area (Å²) in [6, 6.07) is -0.319. The fourth-order valence-electron chi connectivity index (χ4n) is 6.24. The Kier molecular flexibility index (Phi) is 3.67. The van der Waals surface area contributed by atoms with Crippen molar-refractivity contribution in [3.8, 4) is 0 Å². The zero-order valence-corrected chi connectivity index (χ0v) is 14.3. The minimum atomic E-state index is -0.319. The van der Waals surface area contributed by atoms with E-state index in [1.165, 1.54) is 31.4 Å². The number of hydrogen-bond acceptors (Lipinski definition) is 3. The predicted octanol–water partition coefficient (Wildman–Crippen LogP) is 2.21. The molecule has 1 atom stereocenters. The highest BCUT2D eigenvalue weighted by Gasteiger charge is 2.56. The van der Waals surface area contributed by atoms with Gasteiger partial charge in [0.05, 0.1) is 12.5 Å². The summed E-state index contributed by atoms with van der Waals surface area (Å²) in [7, 11) is 3.13. The third-order valence-corrected chi connectivity index (χ3v) is 6.87. The van der Waals surface area contributed by atoms with Gasteiger partial charge >= 0.3 is 0 Å². The molecule has 0 unspecified atom stereocenters. The molecule has 4 aliphatic carbocycles. The van der Waals surface area contributed by atoms with Gasteiger partial charge in [-0.25, -0.2) is 5.06 Å². The van der Waals surface area contributed by atoms with Crippen molar-refractivity contribution >= 4 is 11.8 Å². The second kappa shape index (κ2) is 5.47. The molecule has 0 N–H and O–H groups in total. The van der Waals surface area contributed by atoms with Crippen LogP contribution in [0, 0.1) is 23.2 Å². The average Bonchev–Trinajstić information content (AvgIpc) is 3.00. The maximum absolute atomic E-state index is 13.4. The number of hydrogen-bond donors (Lipinski definition) is 0. The fraction of sp³-hybridized carbons (Fsp3) is 0.889. The smallest absolute Gasteiger partial charge is 0.268 e. The van der Waals surface area contributed by atoms with Crippen LogP contribution >= 0.6 is 0 Å². The molecule has 5 heteroatoms. The summed E-state index contributed by atoms with van der Waals surface area (Å²) in [5, 5.41) is 1.27. The molecule has 2 amide bonds. The maximum atomic E-state index is 13.4. The summed E-state index contributed by atoms with van der Waals surface area (Å²) in [5.41, 5.74) is -0.150. The number of carbonyl (C=O) groups excluding carboxylic acids is 2. The summed E-state index contributed by atoms with van der Waals surface area (Å²) in [4.78, 5) is 32.9. The van der Waals surface area contributed by atoms with Crippen molar-refractivity contribution in [2.75, 3.05) is 20.7 Å². The second-order valence-electron chi connectivity index (χ2n) is 8.37. The van der Waals surface area contributed by atoms with E-state index < -0.39 is 0 Å². The van der Waals surface area contributed by atoms with Crippen LogP contribution in [-0.2, 0) is 14.4 Å². The van der Waals surface area contributed by atoms with Crippen LogP contribution in [0.3, 0.4) is 0 Å². The van der Waals surface area contributed by atoms with Crippen molar-refractivity contribution < 1.29 is 14.4 Å². The van der Waals surface area contributed by atoms with E-state index in [2.05, 4.69) is 0 Å². The van der Waals surface area contributed by atoms with Crippen LogP contribution in [0.2, 0.25) is 0 Å². The number of hydroxylamine groups is 2. The molecule has 0 spiro atoms. The minimum Gasteiger partial charge on any atom is -0.330 e. The summed E-state index contributed by atoms with van der Waals surface area (Å²) in [5.74, 6) is 2.45. The minimum absolute atomic E-state index is 0.0805. The van der Waals surface area contributed by atoms with E-state index in [4.69, 9.17) is 4.84 Å². The predicted molar refractivity (Wildman–Crippen MR) is 85.1 cm³/mol. The molecule has 0 aromatic rings. The Balaban J connectivity index is 1.55. The Morgan fingerprint density at radius 3 is 2.17 bits per heavy atom. The Morgan fingerprint density at radius 2 is 1.65 bits per heavy atom. The molecule has 5 rings (SSSR count). The third kappa shape index (κ3) is 2.39.